The number of hydrogen-bond donors (Lipinski definition) is 4. The van der Waals surface area contributed by atoms with Crippen LogP contribution >= 0.6 is 11.8 Å². The highest BCUT2D eigenvalue weighted by Crippen LogP contribution is 2.41. The van der Waals surface area contributed by atoms with Crippen molar-refractivity contribution in [2.45, 2.75) is 45.2 Å². The molecule has 2 aliphatic heterocycles. The first-order chi connectivity index (χ1) is 26.0. The fourth-order valence-corrected chi connectivity index (χ4v) is 7.00. The van der Waals surface area contributed by atoms with Crippen molar-refractivity contribution in [3.63, 3.8) is 0 Å². The summed E-state index contributed by atoms with van der Waals surface area (Å²) in [6.07, 6.45) is 0. The van der Waals surface area contributed by atoms with E-state index in [0.717, 1.165) is 49.6 Å². The molecule has 288 valence electrons. The third-order valence-corrected chi connectivity index (χ3v) is 9.32. The van der Waals surface area contributed by atoms with Crippen molar-refractivity contribution in [1.82, 2.24) is 15.5 Å². The molecule has 2 aliphatic rings. The predicted molar refractivity (Wildman–Crippen MR) is 186 cm³/mol. The van der Waals surface area contributed by atoms with E-state index in [9.17, 15) is 48.3 Å². The summed E-state index contributed by atoms with van der Waals surface area (Å²) in [5.74, 6) is -8.44. The quantitative estimate of drug-likeness (QED) is 0.108. The number of carbonyl (C=O) groups excluding carboxylic acids is 6. The summed E-state index contributed by atoms with van der Waals surface area (Å²) in [6, 6.07) is 4.58. The molecular formula is C35H31N3O16S. The molecule has 0 bridgehead atoms. The molecule has 1 saturated heterocycles. The van der Waals surface area contributed by atoms with E-state index in [1.54, 1.807) is 0 Å². The Morgan fingerprint density at radius 1 is 0.945 bits per heavy atom. The first kappa shape index (κ1) is 39.5. The van der Waals surface area contributed by atoms with E-state index in [1.165, 1.54) is 31.2 Å². The van der Waals surface area contributed by atoms with Gasteiger partial charge in [0.25, 0.3) is 11.8 Å². The third kappa shape index (κ3) is 8.59. The van der Waals surface area contributed by atoms with Crippen LogP contribution in [0.4, 0.5) is 0 Å². The van der Waals surface area contributed by atoms with E-state index >= 15 is 0 Å². The molecule has 1 aromatic heterocycles. The van der Waals surface area contributed by atoms with Crippen LogP contribution in [0.1, 0.15) is 48.5 Å². The Morgan fingerprint density at radius 2 is 1.58 bits per heavy atom. The molecule has 2 aromatic carbocycles. The zero-order chi connectivity index (χ0) is 40.3. The number of esters is 3. The second-order valence-electron chi connectivity index (χ2n) is 11.9. The number of benzene rings is 2. The summed E-state index contributed by atoms with van der Waals surface area (Å²) in [5.41, 5.74) is -1.75. The van der Waals surface area contributed by atoms with Crippen molar-refractivity contribution in [1.29, 1.82) is 0 Å². The molecule has 20 heteroatoms. The van der Waals surface area contributed by atoms with Crippen LogP contribution in [-0.2, 0) is 38.3 Å². The molecule has 0 radical (unpaired) electrons. The zero-order valence-corrected chi connectivity index (χ0v) is 30.1. The molecule has 3 heterocycles. The highest BCUT2D eigenvalue weighted by atomic mass is 32.2. The van der Waals surface area contributed by atoms with Gasteiger partial charge in [-0.15, -0.1) is 11.8 Å². The summed E-state index contributed by atoms with van der Waals surface area (Å²) in [7, 11) is 0. The summed E-state index contributed by atoms with van der Waals surface area (Å²) < 4.78 is 26.0. The lowest BCUT2D eigenvalue weighted by Gasteiger charge is -2.49. The third-order valence-electron chi connectivity index (χ3n) is 7.98. The number of carboxylic acids is 2. The predicted octanol–water partition coefficient (Wildman–Crippen LogP) is 1.19. The summed E-state index contributed by atoms with van der Waals surface area (Å²) in [5, 5.41) is 22.7. The first-order valence-electron chi connectivity index (χ1n) is 16.0. The fraction of sp³-hybridized carbons (Fsp3) is 0.286. The van der Waals surface area contributed by atoms with Crippen molar-refractivity contribution < 1.29 is 71.9 Å². The van der Waals surface area contributed by atoms with Gasteiger partial charge in [-0.3, -0.25) is 38.5 Å². The average Bonchev–Trinajstić information content (AvgIpc) is 3.10. The highest BCUT2D eigenvalue weighted by molar-refractivity contribution is 8.00. The van der Waals surface area contributed by atoms with Crippen LogP contribution in [0.3, 0.4) is 0 Å². The topological polar surface area (TPSA) is 271 Å². The summed E-state index contributed by atoms with van der Waals surface area (Å²) in [4.78, 5) is 114. The number of carboxylic acid groups (broad SMARTS) is 2. The van der Waals surface area contributed by atoms with Crippen LogP contribution in [0.2, 0.25) is 0 Å². The van der Waals surface area contributed by atoms with E-state index < -0.39 is 88.3 Å². The molecule has 0 saturated carbocycles. The number of β-lactam (4-membered cyclic amide) rings is 1. The molecular weight excluding hydrogens is 750 g/mol. The van der Waals surface area contributed by atoms with Gasteiger partial charge in [-0.25, -0.2) is 9.59 Å². The van der Waals surface area contributed by atoms with Crippen molar-refractivity contribution in [3.05, 3.63) is 74.8 Å². The molecule has 3 amide bonds. The van der Waals surface area contributed by atoms with Gasteiger partial charge in [0, 0.05) is 38.2 Å². The lowest BCUT2D eigenvalue weighted by atomic mass is 10.0. The second kappa shape index (κ2) is 16.1. The lowest BCUT2D eigenvalue weighted by Crippen LogP contribution is -2.71. The minimum Gasteiger partial charge on any atom is -0.482 e. The molecule has 3 atom stereocenters. The van der Waals surface area contributed by atoms with Crippen molar-refractivity contribution in [2.75, 3.05) is 19.0 Å². The summed E-state index contributed by atoms with van der Waals surface area (Å²) >= 11 is 1.10. The number of carbonyl (C=O) groups is 8. The number of nitrogens with zero attached hydrogens (tertiary/aromatic N) is 1. The number of hydrogen-bond acceptors (Lipinski definition) is 15. The number of nitrogens with one attached hydrogen (secondary N) is 2. The SMILES string of the molecule is CC(=O)OCC1=C(C(=O)O)N2C(=O)[C@@H](NC(=O)C(NC(=O)c3c(C)oc4cc(OC(C)=O)c(OC(C)=O)cc4c3=O)c3ccc(OCC(=O)O)cc3)[C@@H]2SC1. The van der Waals surface area contributed by atoms with Crippen LogP contribution in [0.15, 0.2) is 56.9 Å². The molecule has 0 aliphatic carbocycles. The molecule has 1 fully saturated rings. The van der Waals surface area contributed by atoms with E-state index in [2.05, 4.69) is 10.6 Å². The maximum atomic E-state index is 14.0. The van der Waals surface area contributed by atoms with Gasteiger partial charge in [0.1, 0.15) is 52.4 Å². The van der Waals surface area contributed by atoms with Gasteiger partial charge in [0.2, 0.25) is 11.3 Å². The molecule has 4 N–H and O–H groups in total. The van der Waals surface area contributed by atoms with Crippen LogP contribution in [0.5, 0.6) is 17.2 Å². The van der Waals surface area contributed by atoms with E-state index in [4.69, 9.17) is 28.5 Å². The molecule has 5 rings (SSSR count). The Kier molecular flexibility index (Phi) is 11.6. The van der Waals surface area contributed by atoms with Crippen molar-refractivity contribution in [3.8, 4) is 17.2 Å². The first-order valence-corrected chi connectivity index (χ1v) is 17.1. The maximum Gasteiger partial charge on any atom is 0.352 e. The zero-order valence-electron chi connectivity index (χ0n) is 29.3. The Morgan fingerprint density at radius 3 is 2.16 bits per heavy atom. The molecule has 19 nitrogen and oxygen atoms in total. The summed E-state index contributed by atoms with van der Waals surface area (Å²) in [6.45, 7) is 3.56. The maximum absolute atomic E-state index is 14.0. The van der Waals surface area contributed by atoms with Gasteiger partial charge in [0.05, 0.1) is 5.39 Å². The minimum absolute atomic E-state index is 0.0479. The largest absolute Gasteiger partial charge is 0.482 e. The Balaban J connectivity index is 1.47. The standard InChI is InChI=1S/C35H31N3O16S/c1-14-26(30(44)21-9-23(53-16(3)40)24(54-17(4)41)10-22(21)52-14)31(45)36-27(18-5-7-20(8-6-18)51-12-25(42)43)32(46)37-28-33(47)38-29(35(48)49)19(11-50-15(2)39)13-55-34(28)38/h5-10,27-28,34H,11-13H2,1-4H3,(H,36,45)(H,37,46)(H,42,43)(H,48,49)/t27?,28-,34+/m1/s1. The molecule has 55 heavy (non-hydrogen) atoms. The highest BCUT2D eigenvalue weighted by Gasteiger charge is 2.54. The lowest BCUT2D eigenvalue weighted by molar-refractivity contribution is -0.151. The molecule has 0 spiro atoms. The van der Waals surface area contributed by atoms with Crippen molar-refractivity contribution >= 4 is 70.3 Å². The Hall–Kier alpha value is -6.70. The number of aliphatic carboxylic acids is 2. The van der Waals surface area contributed by atoms with Gasteiger partial charge in [0.15, 0.2) is 18.1 Å². The Labute approximate surface area is 313 Å². The van der Waals surface area contributed by atoms with Crippen LogP contribution in [-0.4, -0.2) is 93.1 Å². The second-order valence-corrected chi connectivity index (χ2v) is 13.0. The van der Waals surface area contributed by atoms with Gasteiger partial charge < -0.3 is 44.2 Å². The van der Waals surface area contributed by atoms with Gasteiger partial charge >= 0.3 is 29.8 Å². The van der Waals surface area contributed by atoms with Crippen LogP contribution in [0, 0.1) is 6.92 Å². The van der Waals surface area contributed by atoms with Gasteiger partial charge in [-0.1, -0.05) is 12.1 Å². The normalized spacial score (nSPS) is 16.6. The van der Waals surface area contributed by atoms with E-state index in [-0.39, 0.29) is 57.5 Å². The molecule has 1 unspecified atom stereocenters. The number of aryl methyl sites for hydroxylation is 1. The Bertz CT molecular complexity index is 2250. The number of amides is 3. The van der Waals surface area contributed by atoms with Crippen LogP contribution in [0.25, 0.3) is 11.0 Å². The van der Waals surface area contributed by atoms with Crippen molar-refractivity contribution in [2.24, 2.45) is 0 Å². The number of rotatable bonds is 13. The average molecular weight is 782 g/mol. The number of thioether (sulfide) groups is 1. The minimum atomic E-state index is -1.62. The van der Waals surface area contributed by atoms with Gasteiger partial charge in [-0.2, -0.15) is 0 Å². The van der Waals surface area contributed by atoms with Crippen LogP contribution < -0.4 is 30.3 Å². The molecule has 3 aromatic rings. The number of ether oxygens (including phenoxy) is 4. The fourth-order valence-electron chi connectivity index (χ4n) is 5.67. The van der Waals surface area contributed by atoms with Gasteiger partial charge in [-0.05, 0) is 30.7 Å². The smallest absolute Gasteiger partial charge is 0.352 e. The van der Waals surface area contributed by atoms with E-state index in [0.29, 0.717) is 0 Å². The van der Waals surface area contributed by atoms with E-state index in [1.807, 2.05) is 0 Å². The number of fused-ring (bicyclic) bond motifs is 2. The monoisotopic (exact) mass is 781 g/mol.